The van der Waals surface area contributed by atoms with E-state index in [0.717, 1.165) is 18.6 Å². The molecule has 0 aromatic rings. The lowest BCUT2D eigenvalue weighted by Gasteiger charge is -2.28. The van der Waals surface area contributed by atoms with Crippen LogP contribution in [-0.2, 0) is 4.79 Å². The molecule has 17 heavy (non-hydrogen) atoms. The number of aliphatic hydroxyl groups is 1. The van der Waals surface area contributed by atoms with Gasteiger partial charge in [-0.25, -0.2) is 0 Å². The van der Waals surface area contributed by atoms with Crippen LogP contribution >= 0.6 is 11.8 Å². The molecule has 0 heterocycles. The fourth-order valence-corrected chi connectivity index (χ4v) is 3.30. The standard InChI is InChI=1S/C13H25NO2S/c1-2-3-10-17-11-13(16)14(8-9-15)12-6-4-5-7-12/h12,15H,2-11H2,1H3. The summed E-state index contributed by atoms with van der Waals surface area (Å²) in [5.41, 5.74) is 0. The SMILES string of the molecule is CCCCSCC(=O)N(CCO)C1CCCC1. The van der Waals surface area contributed by atoms with Crippen molar-refractivity contribution in [2.75, 3.05) is 24.7 Å². The highest BCUT2D eigenvalue weighted by Crippen LogP contribution is 2.24. The maximum Gasteiger partial charge on any atom is 0.232 e. The van der Waals surface area contributed by atoms with Crippen LogP contribution in [0.1, 0.15) is 45.4 Å². The molecule has 0 aliphatic heterocycles. The Balaban J connectivity index is 2.32. The minimum atomic E-state index is 0.0852. The quantitative estimate of drug-likeness (QED) is 0.680. The van der Waals surface area contributed by atoms with Crippen LogP contribution < -0.4 is 0 Å². The van der Waals surface area contributed by atoms with E-state index in [-0.39, 0.29) is 12.5 Å². The van der Waals surface area contributed by atoms with E-state index in [1.54, 1.807) is 11.8 Å². The van der Waals surface area contributed by atoms with Crippen molar-refractivity contribution in [1.29, 1.82) is 0 Å². The summed E-state index contributed by atoms with van der Waals surface area (Å²) in [4.78, 5) is 14.0. The molecule has 3 nitrogen and oxygen atoms in total. The second-order valence-electron chi connectivity index (χ2n) is 4.66. The molecular weight excluding hydrogens is 234 g/mol. The van der Waals surface area contributed by atoms with Gasteiger partial charge in [0, 0.05) is 12.6 Å². The molecule has 1 N–H and O–H groups in total. The first-order valence-electron chi connectivity index (χ1n) is 6.77. The van der Waals surface area contributed by atoms with E-state index in [0.29, 0.717) is 18.3 Å². The molecule has 0 atom stereocenters. The number of carbonyl (C=O) groups is 1. The van der Waals surface area contributed by atoms with E-state index >= 15 is 0 Å². The van der Waals surface area contributed by atoms with Gasteiger partial charge in [-0.3, -0.25) is 4.79 Å². The summed E-state index contributed by atoms with van der Waals surface area (Å²) < 4.78 is 0. The number of nitrogens with zero attached hydrogens (tertiary/aromatic N) is 1. The second kappa shape index (κ2) is 8.81. The van der Waals surface area contributed by atoms with Crippen molar-refractivity contribution in [2.24, 2.45) is 0 Å². The monoisotopic (exact) mass is 259 g/mol. The van der Waals surface area contributed by atoms with Crippen LogP contribution in [0.15, 0.2) is 0 Å². The summed E-state index contributed by atoms with van der Waals surface area (Å²) in [5.74, 6) is 1.86. The molecule has 1 amide bonds. The summed E-state index contributed by atoms with van der Waals surface area (Å²) in [6, 6.07) is 0.390. The van der Waals surface area contributed by atoms with Gasteiger partial charge in [0.2, 0.25) is 5.91 Å². The van der Waals surface area contributed by atoms with Crippen molar-refractivity contribution in [3.63, 3.8) is 0 Å². The molecular formula is C13H25NO2S. The molecule has 0 aromatic heterocycles. The lowest BCUT2D eigenvalue weighted by Crippen LogP contribution is -2.41. The molecule has 0 radical (unpaired) electrons. The van der Waals surface area contributed by atoms with Gasteiger partial charge in [-0.2, -0.15) is 11.8 Å². The average molecular weight is 259 g/mol. The van der Waals surface area contributed by atoms with Crippen molar-refractivity contribution in [2.45, 2.75) is 51.5 Å². The number of hydrogen-bond donors (Lipinski definition) is 1. The Bertz CT molecular complexity index is 217. The molecule has 1 aliphatic carbocycles. The van der Waals surface area contributed by atoms with Crippen molar-refractivity contribution < 1.29 is 9.90 Å². The Morgan fingerprint density at radius 1 is 1.41 bits per heavy atom. The number of thioether (sulfide) groups is 1. The van der Waals surface area contributed by atoms with Crippen LogP contribution in [0.4, 0.5) is 0 Å². The second-order valence-corrected chi connectivity index (χ2v) is 5.76. The van der Waals surface area contributed by atoms with Crippen LogP contribution in [0.5, 0.6) is 0 Å². The number of hydrogen-bond acceptors (Lipinski definition) is 3. The van der Waals surface area contributed by atoms with Gasteiger partial charge in [0.25, 0.3) is 0 Å². The Morgan fingerprint density at radius 2 is 2.12 bits per heavy atom. The summed E-state index contributed by atoms with van der Waals surface area (Å²) in [5, 5.41) is 9.05. The highest BCUT2D eigenvalue weighted by Gasteiger charge is 2.25. The summed E-state index contributed by atoms with van der Waals surface area (Å²) in [7, 11) is 0. The largest absolute Gasteiger partial charge is 0.395 e. The smallest absolute Gasteiger partial charge is 0.232 e. The van der Waals surface area contributed by atoms with Gasteiger partial charge in [0.05, 0.1) is 12.4 Å². The lowest BCUT2D eigenvalue weighted by atomic mass is 10.2. The first-order valence-corrected chi connectivity index (χ1v) is 7.93. The van der Waals surface area contributed by atoms with E-state index in [4.69, 9.17) is 5.11 Å². The Kier molecular flexibility index (Phi) is 7.69. The van der Waals surface area contributed by atoms with Crippen LogP contribution in [0, 0.1) is 0 Å². The number of carbonyl (C=O) groups excluding carboxylic acids is 1. The maximum atomic E-state index is 12.1. The molecule has 1 saturated carbocycles. The van der Waals surface area contributed by atoms with Gasteiger partial charge in [-0.05, 0) is 25.0 Å². The van der Waals surface area contributed by atoms with Gasteiger partial charge < -0.3 is 10.0 Å². The van der Waals surface area contributed by atoms with Crippen molar-refractivity contribution in [3.8, 4) is 0 Å². The zero-order valence-corrected chi connectivity index (χ0v) is 11.7. The fourth-order valence-electron chi connectivity index (χ4n) is 2.32. The third-order valence-corrected chi connectivity index (χ3v) is 4.32. The van der Waals surface area contributed by atoms with Crippen LogP contribution in [0.25, 0.3) is 0 Å². The Hall–Kier alpha value is -0.220. The highest BCUT2D eigenvalue weighted by atomic mass is 32.2. The third-order valence-electron chi connectivity index (χ3n) is 3.29. The zero-order valence-electron chi connectivity index (χ0n) is 10.9. The molecule has 0 bridgehead atoms. The molecule has 100 valence electrons. The zero-order chi connectivity index (χ0) is 12.5. The summed E-state index contributed by atoms with van der Waals surface area (Å²) in [6.07, 6.45) is 7.05. The molecule has 1 aliphatic rings. The average Bonchev–Trinajstić information content (AvgIpc) is 2.85. The van der Waals surface area contributed by atoms with E-state index in [1.807, 2.05) is 4.90 Å². The molecule has 0 saturated heterocycles. The fraction of sp³-hybridized carbons (Fsp3) is 0.923. The van der Waals surface area contributed by atoms with Crippen molar-refractivity contribution in [3.05, 3.63) is 0 Å². The van der Waals surface area contributed by atoms with Crippen LogP contribution in [0.2, 0.25) is 0 Å². The predicted molar refractivity (Wildman–Crippen MR) is 73.3 cm³/mol. The Morgan fingerprint density at radius 3 is 2.71 bits per heavy atom. The lowest BCUT2D eigenvalue weighted by molar-refractivity contribution is -0.131. The number of aliphatic hydroxyl groups excluding tert-OH is 1. The molecule has 0 aromatic carbocycles. The van der Waals surface area contributed by atoms with E-state index in [9.17, 15) is 4.79 Å². The first-order chi connectivity index (χ1) is 8.29. The minimum absolute atomic E-state index is 0.0852. The van der Waals surface area contributed by atoms with Crippen LogP contribution in [0.3, 0.4) is 0 Å². The van der Waals surface area contributed by atoms with E-state index in [2.05, 4.69) is 6.92 Å². The molecule has 0 unspecified atom stereocenters. The summed E-state index contributed by atoms with van der Waals surface area (Å²) in [6.45, 7) is 2.76. The van der Waals surface area contributed by atoms with Crippen LogP contribution in [-0.4, -0.2) is 46.6 Å². The van der Waals surface area contributed by atoms with E-state index in [1.165, 1.54) is 25.7 Å². The molecule has 4 heteroatoms. The Labute approximate surface area is 109 Å². The van der Waals surface area contributed by atoms with Gasteiger partial charge >= 0.3 is 0 Å². The predicted octanol–water partition coefficient (Wildman–Crippen LogP) is 2.28. The van der Waals surface area contributed by atoms with Crippen molar-refractivity contribution >= 4 is 17.7 Å². The molecule has 1 fully saturated rings. The minimum Gasteiger partial charge on any atom is -0.395 e. The number of unbranched alkanes of at least 4 members (excludes halogenated alkanes) is 1. The van der Waals surface area contributed by atoms with Gasteiger partial charge in [-0.1, -0.05) is 26.2 Å². The third kappa shape index (κ3) is 5.30. The van der Waals surface area contributed by atoms with E-state index < -0.39 is 0 Å². The van der Waals surface area contributed by atoms with Gasteiger partial charge in [-0.15, -0.1) is 0 Å². The normalized spacial score (nSPS) is 16.4. The maximum absolute atomic E-state index is 12.1. The van der Waals surface area contributed by atoms with Crippen molar-refractivity contribution in [1.82, 2.24) is 4.90 Å². The molecule has 0 spiro atoms. The first kappa shape index (κ1) is 14.8. The molecule has 1 rings (SSSR count). The number of rotatable bonds is 8. The highest BCUT2D eigenvalue weighted by molar-refractivity contribution is 7.99. The van der Waals surface area contributed by atoms with Gasteiger partial charge in [0.1, 0.15) is 0 Å². The van der Waals surface area contributed by atoms with Gasteiger partial charge in [0.15, 0.2) is 0 Å². The summed E-state index contributed by atoms with van der Waals surface area (Å²) >= 11 is 1.73. The number of amides is 1. The topological polar surface area (TPSA) is 40.5 Å².